The third-order valence-corrected chi connectivity index (χ3v) is 5.69. The van der Waals surface area contributed by atoms with E-state index >= 15 is 0 Å². The molecular formula is C20H21N7O2. The number of fused-ring (bicyclic) bond motifs is 1. The van der Waals surface area contributed by atoms with Gasteiger partial charge in [0.1, 0.15) is 5.52 Å². The van der Waals surface area contributed by atoms with Crippen LogP contribution in [0.15, 0.2) is 36.5 Å². The fourth-order valence-corrected chi connectivity index (χ4v) is 4.24. The maximum absolute atomic E-state index is 12.0. The van der Waals surface area contributed by atoms with Gasteiger partial charge in [-0.1, -0.05) is 17.3 Å². The molecule has 1 aliphatic heterocycles. The molecule has 9 nitrogen and oxygen atoms in total. The second kappa shape index (κ2) is 7.23. The molecule has 0 bridgehead atoms. The number of hydrogen-bond donors (Lipinski definition) is 1. The van der Waals surface area contributed by atoms with Crippen molar-refractivity contribution in [2.24, 2.45) is 0 Å². The van der Waals surface area contributed by atoms with Gasteiger partial charge in [0.2, 0.25) is 17.8 Å². The van der Waals surface area contributed by atoms with Crippen LogP contribution in [0.4, 0.5) is 5.95 Å². The Bertz CT molecular complexity index is 1060. The fraction of sp³-hybridized carbons (Fsp3) is 0.400. The van der Waals surface area contributed by atoms with Crippen molar-refractivity contribution < 1.29 is 9.59 Å². The van der Waals surface area contributed by atoms with E-state index in [1.165, 1.54) is 4.90 Å². The van der Waals surface area contributed by atoms with Crippen molar-refractivity contribution in [1.82, 2.24) is 29.9 Å². The summed E-state index contributed by atoms with van der Waals surface area (Å²) < 4.78 is 1.70. The molecule has 3 heterocycles. The third kappa shape index (κ3) is 3.32. The SMILES string of the molecule is O=C1CCC(=O)N1C1CCC(Nc2nccc(-n3nnc4ccccc43)n2)CC1. The first-order valence-electron chi connectivity index (χ1n) is 9.94. The highest BCUT2D eigenvalue weighted by Gasteiger charge is 2.36. The molecule has 2 amide bonds. The summed E-state index contributed by atoms with van der Waals surface area (Å²) >= 11 is 0. The number of benzene rings is 1. The minimum Gasteiger partial charge on any atom is -0.351 e. The summed E-state index contributed by atoms with van der Waals surface area (Å²) in [6.07, 6.45) is 5.76. The number of imide groups is 1. The molecule has 0 atom stereocenters. The van der Waals surface area contributed by atoms with E-state index in [0.717, 1.165) is 36.7 Å². The average molecular weight is 391 g/mol. The van der Waals surface area contributed by atoms with Gasteiger partial charge in [-0.15, -0.1) is 5.10 Å². The standard InChI is InChI=1S/C20H21N7O2/c28-18-9-10-19(29)26(18)14-7-5-13(6-8-14)22-20-21-12-11-17(23-20)27-16-4-2-1-3-15(16)24-25-27/h1-4,11-14H,5-10H2,(H,21,22,23). The number of carbonyl (C=O) groups is 2. The largest absolute Gasteiger partial charge is 0.351 e. The maximum Gasteiger partial charge on any atom is 0.229 e. The Morgan fingerprint density at radius 3 is 2.52 bits per heavy atom. The fourth-order valence-electron chi connectivity index (χ4n) is 4.24. The molecule has 148 valence electrons. The lowest BCUT2D eigenvalue weighted by molar-refractivity contribution is -0.141. The lowest BCUT2D eigenvalue weighted by atomic mass is 9.90. The van der Waals surface area contributed by atoms with Crippen LogP contribution in [0.3, 0.4) is 0 Å². The first-order valence-corrected chi connectivity index (χ1v) is 9.94. The summed E-state index contributed by atoms with van der Waals surface area (Å²) in [5.41, 5.74) is 1.70. The van der Waals surface area contributed by atoms with Gasteiger partial charge in [0, 0.05) is 37.2 Å². The van der Waals surface area contributed by atoms with Gasteiger partial charge < -0.3 is 5.32 Å². The Labute approximate surface area is 167 Å². The molecule has 2 fully saturated rings. The van der Waals surface area contributed by atoms with Crippen LogP contribution in [0.5, 0.6) is 0 Å². The van der Waals surface area contributed by atoms with Crippen LogP contribution in [0.2, 0.25) is 0 Å². The molecule has 1 aliphatic carbocycles. The number of hydrogen-bond acceptors (Lipinski definition) is 7. The predicted octanol–water partition coefficient (Wildman–Crippen LogP) is 2.08. The molecule has 0 unspecified atom stereocenters. The van der Waals surface area contributed by atoms with Crippen molar-refractivity contribution in [2.45, 2.75) is 50.6 Å². The van der Waals surface area contributed by atoms with Gasteiger partial charge in [-0.25, -0.2) is 4.98 Å². The predicted molar refractivity (Wildman–Crippen MR) is 105 cm³/mol. The quantitative estimate of drug-likeness (QED) is 0.679. The molecule has 1 saturated heterocycles. The Hall–Kier alpha value is -3.36. The van der Waals surface area contributed by atoms with Gasteiger partial charge in [-0.05, 0) is 37.8 Å². The summed E-state index contributed by atoms with van der Waals surface area (Å²) in [5, 5.41) is 11.8. The topological polar surface area (TPSA) is 106 Å². The molecule has 0 spiro atoms. The zero-order valence-corrected chi connectivity index (χ0v) is 15.9. The highest BCUT2D eigenvalue weighted by atomic mass is 16.2. The summed E-state index contributed by atoms with van der Waals surface area (Å²) in [4.78, 5) is 34.3. The van der Waals surface area contributed by atoms with E-state index in [1.54, 1.807) is 16.9 Å². The Balaban J connectivity index is 1.27. The van der Waals surface area contributed by atoms with Crippen molar-refractivity contribution >= 4 is 28.8 Å². The molecule has 5 rings (SSSR count). The molecule has 9 heteroatoms. The van der Waals surface area contributed by atoms with E-state index < -0.39 is 0 Å². The highest BCUT2D eigenvalue weighted by Crippen LogP contribution is 2.28. The summed E-state index contributed by atoms with van der Waals surface area (Å²) in [6.45, 7) is 0. The van der Waals surface area contributed by atoms with Crippen LogP contribution in [0.25, 0.3) is 16.9 Å². The average Bonchev–Trinajstić information content (AvgIpc) is 3.32. The van der Waals surface area contributed by atoms with Gasteiger partial charge in [-0.2, -0.15) is 9.67 Å². The summed E-state index contributed by atoms with van der Waals surface area (Å²) in [7, 11) is 0. The number of rotatable bonds is 4. The van der Waals surface area contributed by atoms with Crippen LogP contribution in [0, 0.1) is 0 Å². The van der Waals surface area contributed by atoms with E-state index in [0.29, 0.717) is 24.6 Å². The van der Waals surface area contributed by atoms with Gasteiger partial charge >= 0.3 is 0 Å². The van der Waals surface area contributed by atoms with Gasteiger partial charge in [0.25, 0.3) is 0 Å². The van der Waals surface area contributed by atoms with Gasteiger partial charge in [0.15, 0.2) is 5.82 Å². The first-order chi connectivity index (χ1) is 14.2. The van der Waals surface area contributed by atoms with Crippen LogP contribution in [0.1, 0.15) is 38.5 Å². The highest BCUT2D eigenvalue weighted by molar-refractivity contribution is 6.02. The number of nitrogens with zero attached hydrogens (tertiary/aromatic N) is 6. The van der Waals surface area contributed by atoms with Crippen molar-refractivity contribution in [2.75, 3.05) is 5.32 Å². The number of aromatic nitrogens is 5. The Morgan fingerprint density at radius 1 is 0.966 bits per heavy atom. The first kappa shape index (κ1) is 17.7. The Morgan fingerprint density at radius 2 is 1.72 bits per heavy atom. The van der Waals surface area contributed by atoms with Crippen LogP contribution < -0.4 is 5.32 Å². The zero-order valence-electron chi connectivity index (χ0n) is 15.9. The number of carbonyl (C=O) groups excluding carboxylic acids is 2. The molecule has 2 aromatic heterocycles. The van der Waals surface area contributed by atoms with Crippen molar-refractivity contribution in [3.63, 3.8) is 0 Å². The molecular weight excluding hydrogens is 370 g/mol. The van der Waals surface area contributed by atoms with Crippen LogP contribution >= 0.6 is 0 Å². The van der Waals surface area contributed by atoms with E-state index in [2.05, 4.69) is 25.6 Å². The minimum absolute atomic E-state index is 0.0255. The number of nitrogens with one attached hydrogen (secondary N) is 1. The smallest absolute Gasteiger partial charge is 0.229 e. The molecule has 3 aromatic rings. The second-order valence-corrected chi connectivity index (χ2v) is 7.54. The van der Waals surface area contributed by atoms with Crippen LogP contribution in [-0.4, -0.2) is 53.8 Å². The molecule has 0 radical (unpaired) electrons. The van der Waals surface area contributed by atoms with E-state index in [9.17, 15) is 9.59 Å². The normalized spacial score (nSPS) is 22.4. The minimum atomic E-state index is -0.0255. The van der Waals surface area contributed by atoms with Crippen molar-refractivity contribution in [3.8, 4) is 5.82 Å². The molecule has 1 aromatic carbocycles. The van der Waals surface area contributed by atoms with Gasteiger partial charge in [-0.3, -0.25) is 14.5 Å². The lowest BCUT2D eigenvalue weighted by Gasteiger charge is -2.33. The van der Waals surface area contributed by atoms with Crippen LogP contribution in [-0.2, 0) is 9.59 Å². The maximum atomic E-state index is 12.0. The van der Waals surface area contributed by atoms with E-state index in [-0.39, 0.29) is 23.9 Å². The van der Waals surface area contributed by atoms with Crippen molar-refractivity contribution in [3.05, 3.63) is 36.5 Å². The Kier molecular flexibility index (Phi) is 4.42. The third-order valence-electron chi connectivity index (χ3n) is 5.69. The molecule has 1 N–H and O–H groups in total. The van der Waals surface area contributed by atoms with E-state index in [4.69, 9.17) is 0 Å². The zero-order chi connectivity index (χ0) is 19.8. The number of amides is 2. The monoisotopic (exact) mass is 391 g/mol. The number of para-hydroxylation sites is 1. The van der Waals surface area contributed by atoms with Crippen molar-refractivity contribution in [1.29, 1.82) is 0 Å². The van der Waals surface area contributed by atoms with Gasteiger partial charge in [0.05, 0.1) is 5.52 Å². The molecule has 2 aliphatic rings. The molecule has 1 saturated carbocycles. The number of likely N-dealkylation sites (tertiary alicyclic amines) is 1. The summed E-state index contributed by atoms with van der Waals surface area (Å²) in [5.74, 6) is 1.14. The van der Waals surface area contributed by atoms with E-state index in [1.807, 2.05) is 24.3 Å². The lowest BCUT2D eigenvalue weighted by Crippen LogP contribution is -2.43. The number of anilines is 1. The molecule has 29 heavy (non-hydrogen) atoms. The second-order valence-electron chi connectivity index (χ2n) is 7.54. The summed E-state index contributed by atoms with van der Waals surface area (Å²) in [6, 6.07) is 9.77.